The van der Waals surface area contributed by atoms with E-state index in [1.807, 2.05) is 36.4 Å². The Kier molecular flexibility index (Phi) is 10.0. The summed E-state index contributed by atoms with van der Waals surface area (Å²) in [6, 6.07) is 8.67. The third kappa shape index (κ3) is 7.15. The van der Waals surface area contributed by atoms with Crippen molar-refractivity contribution in [2.24, 2.45) is 11.8 Å². The highest BCUT2D eigenvalue weighted by Gasteiger charge is 2.33. The molecule has 0 saturated heterocycles. The fourth-order valence-corrected chi connectivity index (χ4v) is 6.98. The lowest BCUT2D eigenvalue weighted by molar-refractivity contribution is -0.124. The Morgan fingerprint density at radius 3 is 2.55 bits per heavy atom. The van der Waals surface area contributed by atoms with Crippen LogP contribution < -0.4 is 5.76 Å². The molecule has 0 spiro atoms. The van der Waals surface area contributed by atoms with E-state index in [9.17, 15) is 23.6 Å². The van der Waals surface area contributed by atoms with E-state index in [2.05, 4.69) is 20.7 Å². The van der Waals surface area contributed by atoms with Crippen molar-refractivity contribution >= 4 is 34.6 Å². The zero-order chi connectivity index (χ0) is 31.2. The number of Topliss-reactive ketones (excluding diaryl/α,β-unsaturated/α-hetero) is 1. The maximum Gasteiger partial charge on any atom is 0.439 e. The van der Waals surface area contributed by atoms with Gasteiger partial charge < -0.3 is 4.90 Å². The molecule has 2 aromatic heterocycles. The number of urea groups is 1. The van der Waals surface area contributed by atoms with Crippen LogP contribution in [0.15, 0.2) is 57.9 Å². The highest BCUT2D eigenvalue weighted by atomic mass is 32.1. The van der Waals surface area contributed by atoms with E-state index in [4.69, 9.17) is 0 Å². The van der Waals surface area contributed by atoms with Crippen LogP contribution in [0.4, 0.5) is 9.18 Å². The van der Waals surface area contributed by atoms with Crippen LogP contribution >= 0.6 is 11.3 Å². The summed E-state index contributed by atoms with van der Waals surface area (Å²) < 4.78 is 17.7. The number of rotatable bonds is 10. The molecular weight excluding hydrogens is 583 g/mol. The second-order valence-electron chi connectivity index (χ2n) is 11.5. The molecule has 0 bridgehead atoms. The summed E-state index contributed by atoms with van der Waals surface area (Å²) in [6.45, 7) is 1.32. The monoisotopic (exact) mass is 620 g/mol. The van der Waals surface area contributed by atoms with Gasteiger partial charge in [-0.3, -0.25) is 28.4 Å². The number of halogens is 1. The molecule has 44 heavy (non-hydrogen) atoms. The first-order valence-electron chi connectivity index (χ1n) is 15.0. The minimum Gasteiger partial charge on any atom is -0.327 e. The van der Waals surface area contributed by atoms with Crippen LogP contribution in [0.2, 0.25) is 0 Å². The summed E-state index contributed by atoms with van der Waals surface area (Å²) in [4.78, 5) is 59.0. The first-order chi connectivity index (χ1) is 21.2. The molecule has 2 aliphatic carbocycles. The van der Waals surface area contributed by atoms with Crippen LogP contribution in [0.5, 0.6) is 0 Å². The van der Waals surface area contributed by atoms with Gasteiger partial charge in [-0.2, -0.15) is 0 Å². The van der Waals surface area contributed by atoms with E-state index in [1.54, 1.807) is 20.0 Å². The largest absolute Gasteiger partial charge is 0.439 e. The summed E-state index contributed by atoms with van der Waals surface area (Å²) >= 11 is 1.34. The maximum atomic E-state index is 13.8. The topological polar surface area (TPSA) is 117 Å². The predicted octanol–water partition coefficient (Wildman–Crippen LogP) is 6.21. The summed E-state index contributed by atoms with van der Waals surface area (Å²) in [5.41, 5.74) is 2.90. The van der Waals surface area contributed by atoms with E-state index < -0.39 is 24.4 Å². The molecule has 1 fully saturated rings. The zero-order valence-electron chi connectivity index (χ0n) is 25.0. The van der Waals surface area contributed by atoms with Crippen molar-refractivity contribution in [1.29, 1.82) is 0 Å². The highest BCUT2D eigenvalue weighted by molar-refractivity contribution is 7.12. The predicted molar refractivity (Wildman–Crippen MR) is 167 cm³/mol. The van der Waals surface area contributed by atoms with Gasteiger partial charge in [0.05, 0.1) is 18.8 Å². The lowest BCUT2D eigenvalue weighted by Gasteiger charge is -2.30. The number of nitrogens with zero attached hydrogens (tertiary/aromatic N) is 3. The molecule has 3 aromatic rings. The number of nitrogens with one attached hydrogen (secondary N) is 1. The maximum absolute atomic E-state index is 13.8. The Bertz CT molecular complexity index is 1630. The van der Waals surface area contributed by atoms with Gasteiger partial charge in [0.1, 0.15) is 0 Å². The third-order valence-corrected chi connectivity index (χ3v) is 9.46. The molecule has 2 aliphatic rings. The number of imide groups is 1. The van der Waals surface area contributed by atoms with Gasteiger partial charge in [0.15, 0.2) is 11.6 Å². The number of carbonyl (C=O) groups is 3. The minimum atomic E-state index is -0.627. The number of aryl methyl sites for hydroxylation is 2. The number of H-pyrrole nitrogens is 1. The summed E-state index contributed by atoms with van der Waals surface area (Å²) in [5, 5.41) is 3.82. The number of thiophene rings is 1. The average Bonchev–Trinajstić information content (AvgIpc) is 3.64. The number of benzene rings is 1. The van der Waals surface area contributed by atoms with Gasteiger partial charge in [0.2, 0.25) is 0 Å². The minimum absolute atomic E-state index is 0.0169. The van der Waals surface area contributed by atoms with Crippen LogP contribution in [0, 0.1) is 18.8 Å². The van der Waals surface area contributed by atoms with Crippen LogP contribution in [0.3, 0.4) is 0 Å². The van der Waals surface area contributed by atoms with Crippen molar-refractivity contribution in [3.8, 4) is 11.4 Å². The third-order valence-electron chi connectivity index (χ3n) is 8.35. The van der Waals surface area contributed by atoms with E-state index in [0.29, 0.717) is 29.2 Å². The number of aromatic nitrogens is 2. The van der Waals surface area contributed by atoms with Crippen molar-refractivity contribution in [3.05, 3.63) is 80.0 Å². The Labute approximate surface area is 259 Å². The number of hydrogen-bond donors (Lipinski definition) is 1. The standard InChI is InChI=1S/C33H37FN4O5S/c1-21-28(18-25(44-21)16-17-34)31(40)38(20-29(39)24-8-4-3-5-9-24)33(42)37(2)19-22-12-14-23(15-13-22)26-10-6-7-11-27(26)30-35-32(41)43-36-30/h6-7,10-12,14-15,18,22,24H,3-5,8-9,13,16-17,19-20H2,1-2H3,(H,35,36,41). The lowest BCUT2D eigenvalue weighted by atomic mass is 9.86. The molecular formula is C33H37FN4O5S. The van der Waals surface area contributed by atoms with Crippen LogP contribution in [0.1, 0.15) is 64.2 Å². The van der Waals surface area contributed by atoms with Gasteiger partial charge in [-0.25, -0.2) is 9.59 Å². The van der Waals surface area contributed by atoms with E-state index >= 15 is 0 Å². The van der Waals surface area contributed by atoms with E-state index in [1.165, 1.54) is 16.2 Å². The second-order valence-corrected chi connectivity index (χ2v) is 12.8. The summed E-state index contributed by atoms with van der Waals surface area (Å²) in [6.07, 6.45) is 11.5. The van der Waals surface area contributed by atoms with Crippen molar-refractivity contribution in [3.63, 3.8) is 0 Å². The Balaban J connectivity index is 1.30. The molecule has 0 radical (unpaired) electrons. The van der Waals surface area contributed by atoms with Crippen molar-refractivity contribution < 1.29 is 23.3 Å². The zero-order valence-corrected chi connectivity index (χ0v) is 25.8. The van der Waals surface area contributed by atoms with Crippen LogP contribution in [-0.2, 0) is 11.2 Å². The number of aromatic amines is 1. The SMILES string of the molecule is Cc1sc(CCF)cc1C(=O)N(CC(=O)C1CCCCC1)C(=O)N(C)CC1C=CC(c2ccccc2-c2noc(=O)[nH]2)=CC1. The molecule has 1 atom stereocenters. The van der Waals surface area contributed by atoms with Gasteiger partial charge >= 0.3 is 11.8 Å². The van der Waals surface area contributed by atoms with Crippen LogP contribution in [-0.4, -0.2) is 64.5 Å². The van der Waals surface area contributed by atoms with Gasteiger partial charge in [0.25, 0.3) is 5.91 Å². The van der Waals surface area contributed by atoms with Gasteiger partial charge in [-0.15, -0.1) is 11.3 Å². The number of amides is 3. The second kappa shape index (κ2) is 14.1. The Hall–Kier alpha value is -4.12. The highest BCUT2D eigenvalue weighted by Crippen LogP contribution is 2.32. The molecule has 1 aromatic carbocycles. The molecule has 2 heterocycles. The molecule has 5 rings (SSSR count). The molecule has 1 N–H and O–H groups in total. The van der Waals surface area contributed by atoms with Crippen LogP contribution in [0.25, 0.3) is 17.0 Å². The first-order valence-corrected chi connectivity index (χ1v) is 15.9. The number of alkyl halides is 1. The van der Waals surface area contributed by atoms with Gasteiger partial charge in [-0.1, -0.05) is 66.9 Å². The summed E-state index contributed by atoms with van der Waals surface area (Å²) in [5.74, 6) is -1.05. The molecule has 232 valence electrons. The summed E-state index contributed by atoms with van der Waals surface area (Å²) in [7, 11) is 1.64. The average molecular weight is 621 g/mol. The number of ketones is 1. The fourth-order valence-electron chi connectivity index (χ4n) is 5.98. The molecule has 3 amide bonds. The molecule has 9 nitrogen and oxygen atoms in total. The fraction of sp³-hybridized carbons (Fsp3) is 0.424. The smallest absolute Gasteiger partial charge is 0.327 e. The van der Waals surface area contributed by atoms with E-state index in [-0.39, 0.29) is 30.6 Å². The van der Waals surface area contributed by atoms with Crippen molar-refractivity contribution in [1.82, 2.24) is 19.9 Å². The molecule has 1 saturated carbocycles. The quantitative estimate of drug-likeness (QED) is 0.288. The first kappa shape index (κ1) is 31.3. The Morgan fingerprint density at radius 1 is 1.14 bits per heavy atom. The van der Waals surface area contributed by atoms with Crippen molar-refractivity contribution in [2.75, 3.05) is 26.8 Å². The molecule has 1 unspecified atom stereocenters. The van der Waals surface area contributed by atoms with Gasteiger partial charge in [0, 0.05) is 41.2 Å². The van der Waals surface area contributed by atoms with E-state index in [0.717, 1.165) is 58.6 Å². The number of allylic oxidation sites excluding steroid dienone is 3. The number of hydrogen-bond acceptors (Lipinski definition) is 7. The van der Waals surface area contributed by atoms with Gasteiger partial charge in [-0.05, 0) is 49.3 Å². The normalized spacial score (nSPS) is 16.9. The Morgan fingerprint density at radius 2 is 1.89 bits per heavy atom. The molecule has 0 aliphatic heterocycles. The molecule has 11 heteroatoms. The van der Waals surface area contributed by atoms with Crippen molar-refractivity contribution in [2.45, 2.75) is 51.9 Å². The number of carbonyl (C=O) groups excluding carboxylic acids is 3. The lowest BCUT2D eigenvalue weighted by Crippen LogP contribution is -2.49.